The number of aliphatic hydroxyl groups excluding tert-OH is 1. The molecule has 2 aromatic carbocycles. The Hall–Kier alpha value is -3.23. The van der Waals surface area contributed by atoms with E-state index in [1.165, 1.54) is 17.0 Å². The summed E-state index contributed by atoms with van der Waals surface area (Å²) < 4.78 is 24.8. The first-order valence-corrected chi connectivity index (χ1v) is 12.4. The molecule has 0 radical (unpaired) electrons. The van der Waals surface area contributed by atoms with Crippen molar-refractivity contribution in [3.05, 3.63) is 71.0 Å². The standard InChI is InChI=1S/C28H33FN2O5/c1-19(2)18-36-23-10-6-21(7-11-23)26(32)24-25(20-4-8-22(29)9-5-20)31(28(34)27(24)33)13-3-12-30-14-16-35-17-15-30/h4-11,19,25,32H,3,12-18H2,1-2H3/t25-/m1/s1. The number of hydrogen-bond acceptors (Lipinski definition) is 6. The molecule has 8 heteroatoms. The number of carbonyl (C=O) groups is 2. The lowest BCUT2D eigenvalue weighted by Crippen LogP contribution is -2.38. The topological polar surface area (TPSA) is 79.3 Å². The summed E-state index contributed by atoms with van der Waals surface area (Å²) in [5, 5.41) is 11.2. The number of ketones is 1. The van der Waals surface area contributed by atoms with Gasteiger partial charge in [0.2, 0.25) is 0 Å². The van der Waals surface area contributed by atoms with Gasteiger partial charge in [-0.05, 0) is 54.3 Å². The molecule has 2 aliphatic rings. The highest BCUT2D eigenvalue weighted by Crippen LogP contribution is 2.39. The molecular formula is C28H33FN2O5. The van der Waals surface area contributed by atoms with Gasteiger partial charge in [-0.15, -0.1) is 0 Å². The number of morpholine rings is 1. The molecule has 0 spiro atoms. The van der Waals surface area contributed by atoms with Gasteiger partial charge >= 0.3 is 0 Å². The Kier molecular flexibility index (Phi) is 8.38. The Morgan fingerprint density at radius 2 is 1.72 bits per heavy atom. The number of benzene rings is 2. The Morgan fingerprint density at radius 1 is 1.06 bits per heavy atom. The van der Waals surface area contributed by atoms with Gasteiger partial charge in [0.15, 0.2) is 0 Å². The first kappa shape index (κ1) is 25.9. The maximum atomic E-state index is 13.7. The van der Waals surface area contributed by atoms with Gasteiger partial charge < -0.3 is 19.5 Å². The Labute approximate surface area is 211 Å². The second-order valence-electron chi connectivity index (χ2n) is 9.58. The van der Waals surface area contributed by atoms with Crippen molar-refractivity contribution in [1.29, 1.82) is 0 Å². The van der Waals surface area contributed by atoms with Crippen molar-refractivity contribution < 1.29 is 28.6 Å². The number of Topliss-reactive ketones (excluding diaryl/α,β-unsaturated/α-hetero) is 1. The summed E-state index contributed by atoms with van der Waals surface area (Å²) in [6.45, 7) is 8.79. The summed E-state index contributed by atoms with van der Waals surface area (Å²) in [4.78, 5) is 30.0. The van der Waals surface area contributed by atoms with Gasteiger partial charge in [0.05, 0.1) is 31.4 Å². The third-order valence-electron chi connectivity index (χ3n) is 6.41. The van der Waals surface area contributed by atoms with Crippen LogP contribution in [0.2, 0.25) is 0 Å². The lowest BCUT2D eigenvalue weighted by atomic mass is 9.95. The van der Waals surface area contributed by atoms with E-state index in [0.717, 1.165) is 19.6 Å². The first-order valence-electron chi connectivity index (χ1n) is 12.4. The second-order valence-corrected chi connectivity index (χ2v) is 9.58. The van der Waals surface area contributed by atoms with Crippen molar-refractivity contribution in [2.45, 2.75) is 26.3 Å². The lowest BCUT2D eigenvalue weighted by Gasteiger charge is -2.29. The molecule has 2 heterocycles. The van der Waals surface area contributed by atoms with Crippen LogP contribution in [0.4, 0.5) is 4.39 Å². The number of halogens is 1. The predicted molar refractivity (Wildman–Crippen MR) is 134 cm³/mol. The van der Waals surface area contributed by atoms with Gasteiger partial charge in [0, 0.05) is 31.7 Å². The zero-order valence-electron chi connectivity index (χ0n) is 20.8. The molecule has 192 valence electrons. The molecule has 36 heavy (non-hydrogen) atoms. The van der Waals surface area contributed by atoms with Crippen molar-refractivity contribution in [3.8, 4) is 5.75 Å². The van der Waals surface area contributed by atoms with Crippen molar-refractivity contribution in [1.82, 2.24) is 9.80 Å². The van der Waals surface area contributed by atoms with Crippen LogP contribution in [0.25, 0.3) is 5.76 Å². The quantitative estimate of drug-likeness (QED) is 0.321. The minimum absolute atomic E-state index is 0.00818. The van der Waals surface area contributed by atoms with Crippen LogP contribution < -0.4 is 4.74 Å². The van der Waals surface area contributed by atoms with E-state index in [1.54, 1.807) is 36.4 Å². The summed E-state index contributed by atoms with van der Waals surface area (Å²) in [6.07, 6.45) is 0.659. The van der Waals surface area contributed by atoms with E-state index in [4.69, 9.17) is 9.47 Å². The van der Waals surface area contributed by atoms with E-state index < -0.39 is 23.5 Å². The fraction of sp³-hybridized carbons (Fsp3) is 0.429. The SMILES string of the molecule is CC(C)COc1ccc(C(O)=C2C(=O)C(=O)N(CCCN3CCOCC3)[C@@H]2c2ccc(F)cc2)cc1. The van der Waals surface area contributed by atoms with Crippen LogP contribution in [0.5, 0.6) is 5.75 Å². The van der Waals surface area contributed by atoms with Crippen molar-refractivity contribution in [2.24, 2.45) is 5.92 Å². The van der Waals surface area contributed by atoms with Crippen molar-refractivity contribution in [3.63, 3.8) is 0 Å². The second kappa shape index (κ2) is 11.7. The highest BCUT2D eigenvalue weighted by molar-refractivity contribution is 6.46. The number of amides is 1. The monoisotopic (exact) mass is 496 g/mol. The number of carbonyl (C=O) groups excluding carboxylic acids is 2. The number of likely N-dealkylation sites (tertiary alicyclic amines) is 1. The molecule has 2 aliphatic heterocycles. The Bertz CT molecular complexity index is 1090. The maximum absolute atomic E-state index is 13.7. The van der Waals surface area contributed by atoms with Gasteiger partial charge in [0.25, 0.3) is 11.7 Å². The highest BCUT2D eigenvalue weighted by atomic mass is 19.1. The summed E-state index contributed by atoms with van der Waals surface area (Å²) in [6, 6.07) is 11.7. The first-order chi connectivity index (χ1) is 17.3. The molecule has 7 nitrogen and oxygen atoms in total. The summed E-state index contributed by atoms with van der Waals surface area (Å²) in [5.74, 6) is -1.06. The largest absolute Gasteiger partial charge is 0.507 e. The van der Waals surface area contributed by atoms with E-state index in [0.29, 0.717) is 55.6 Å². The van der Waals surface area contributed by atoms with Crippen molar-refractivity contribution in [2.75, 3.05) is 46.0 Å². The maximum Gasteiger partial charge on any atom is 0.295 e. The Morgan fingerprint density at radius 3 is 2.36 bits per heavy atom. The molecule has 0 saturated carbocycles. The average molecular weight is 497 g/mol. The molecule has 2 aromatic rings. The molecule has 1 atom stereocenters. The smallest absolute Gasteiger partial charge is 0.295 e. The zero-order valence-corrected chi connectivity index (χ0v) is 20.8. The molecule has 0 aliphatic carbocycles. The molecule has 1 amide bonds. The summed E-state index contributed by atoms with van der Waals surface area (Å²) in [5.41, 5.74) is 0.986. The molecule has 2 fully saturated rings. The number of aliphatic hydroxyl groups is 1. The molecule has 0 bridgehead atoms. The van der Waals surface area contributed by atoms with E-state index in [-0.39, 0.29) is 11.3 Å². The van der Waals surface area contributed by atoms with Gasteiger partial charge in [-0.2, -0.15) is 0 Å². The molecule has 4 rings (SSSR count). The van der Waals surface area contributed by atoms with E-state index >= 15 is 0 Å². The van der Waals surface area contributed by atoms with E-state index in [2.05, 4.69) is 18.7 Å². The van der Waals surface area contributed by atoms with Crippen LogP contribution in [0.15, 0.2) is 54.1 Å². The number of rotatable bonds is 9. The van der Waals surface area contributed by atoms with Crippen LogP contribution in [-0.4, -0.2) is 72.6 Å². The van der Waals surface area contributed by atoms with Crippen LogP contribution in [0.3, 0.4) is 0 Å². The summed E-state index contributed by atoms with van der Waals surface area (Å²) in [7, 11) is 0. The van der Waals surface area contributed by atoms with Gasteiger partial charge in [-0.1, -0.05) is 26.0 Å². The Balaban J connectivity index is 1.61. The third-order valence-corrected chi connectivity index (χ3v) is 6.41. The van der Waals surface area contributed by atoms with Crippen molar-refractivity contribution >= 4 is 17.4 Å². The molecule has 2 saturated heterocycles. The number of hydrogen-bond donors (Lipinski definition) is 1. The van der Waals surface area contributed by atoms with Gasteiger partial charge in [-0.3, -0.25) is 14.5 Å². The fourth-order valence-corrected chi connectivity index (χ4v) is 4.52. The zero-order chi connectivity index (χ0) is 25.7. The molecule has 0 unspecified atom stereocenters. The van der Waals surface area contributed by atoms with E-state index in [9.17, 15) is 19.1 Å². The fourth-order valence-electron chi connectivity index (χ4n) is 4.52. The number of nitrogens with zero attached hydrogens (tertiary/aromatic N) is 2. The molecular weight excluding hydrogens is 463 g/mol. The highest BCUT2D eigenvalue weighted by Gasteiger charge is 2.45. The minimum Gasteiger partial charge on any atom is -0.507 e. The van der Waals surface area contributed by atoms with Crippen LogP contribution in [0, 0.1) is 11.7 Å². The van der Waals surface area contributed by atoms with Gasteiger partial charge in [0.1, 0.15) is 17.3 Å². The summed E-state index contributed by atoms with van der Waals surface area (Å²) >= 11 is 0. The minimum atomic E-state index is -0.799. The van der Waals surface area contributed by atoms with Crippen LogP contribution in [-0.2, 0) is 14.3 Å². The van der Waals surface area contributed by atoms with Crippen LogP contribution in [0.1, 0.15) is 37.4 Å². The normalized spacial score (nSPS) is 20.3. The van der Waals surface area contributed by atoms with Gasteiger partial charge in [-0.25, -0.2) is 4.39 Å². The average Bonchev–Trinajstić information content (AvgIpc) is 3.13. The lowest BCUT2D eigenvalue weighted by molar-refractivity contribution is -0.140. The van der Waals surface area contributed by atoms with E-state index in [1.807, 2.05) is 0 Å². The number of ether oxygens (including phenoxy) is 2. The predicted octanol–water partition coefficient (Wildman–Crippen LogP) is 4.00. The van der Waals surface area contributed by atoms with Crippen LogP contribution >= 0.6 is 0 Å². The third kappa shape index (κ3) is 5.94. The molecule has 0 aromatic heterocycles. The molecule has 1 N–H and O–H groups in total.